The quantitative estimate of drug-likeness (QED) is 0.205. The number of piperazine rings is 1. The zero-order valence-corrected chi connectivity index (χ0v) is 24.8. The molecule has 5 heterocycles. The van der Waals surface area contributed by atoms with Crippen LogP contribution in [0.25, 0.3) is 33.1 Å². The molecule has 8 nitrogen and oxygen atoms in total. The number of amides is 1. The lowest BCUT2D eigenvalue weighted by molar-refractivity contribution is -0.129. The number of benzene rings is 2. The van der Waals surface area contributed by atoms with Crippen LogP contribution >= 0.6 is 0 Å². The minimum absolute atomic E-state index is 0.00182. The van der Waals surface area contributed by atoms with Gasteiger partial charge in [-0.2, -0.15) is 9.97 Å². The molecule has 0 N–H and O–H groups in total. The fourth-order valence-corrected chi connectivity index (χ4v) is 7.24. The molecule has 3 saturated heterocycles. The molecule has 0 aliphatic carbocycles. The van der Waals surface area contributed by atoms with E-state index in [4.69, 9.17) is 9.72 Å². The third-order valence-corrected chi connectivity index (χ3v) is 9.36. The second kappa shape index (κ2) is 11.2. The third-order valence-electron chi connectivity index (χ3n) is 9.36. The van der Waals surface area contributed by atoms with Gasteiger partial charge in [-0.05, 0) is 43.8 Å². The van der Waals surface area contributed by atoms with Crippen molar-refractivity contribution in [3.63, 3.8) is 0 Å². The molecule has 234 valence electrons. The van der Waals surface area contributed by atoms with Gasteiger partial charge >= 0.3 is 6.01 Å². The van der Waals surface area contributed by atoms with Gasteiger partial charge in [-0.25, -0.2) is 22.5 Å². The van der Waals surface area contributed by atoms with Crippen LogP contribution in [0, 0.1) is 11.6 Å². The highest BCUT2D eigenvalue weighted by Gasteiger charge is 2.49. The summed E-state index contributed by atoms with van der Waals surface area (Å²) in [5.41, 5.74) is -0.109. The van der Waals surface area contributed by atoms with Crippen LogP contribution in [0.5, 0.6) is 6.01 Å². The van der Waals surface area contributed by atoms with Crippen LogP contribution < -0.4 is 9.64 Å². The predicted molar refractivity (Wildman–Crippen MR) is 162 cm³/mol. The Hall–Kier alpha value is -4.32. The third kappa shape index (κ3) is 5.14. The summed E-state index contributed by atoms with van der Waals surface area (Å²) in [6.45, 7) is 6.95. The number of carbonyl (C=O) groups excluding carboxylic acids is 1. The van der Waals surface area contributed by atoms with Crippen molar-refractivity contribution in [3.8, 4) is 17.3 Å². The first-order valence-electron chi connectivity index (χ1n) is 15.1. The molecule has 0 radical (unpaired) electrons. The van der Waals surface area contributed by atoms with E-state index in [1.807, 2.05) is 11.8 Å². The van der Waals surface area contributed by atoms with Crippen LogP contribution in [0.3, 0.4) is 0 Å². The average molecular weight is 621 g/mol. The van der Waals surface area contributed by atoms with E-state index in [1.165, 1.54) is 17.0 Å². The zero-order valence-electron chi connectivity index (χ0n) is 24.8. The summed E-state index contributed by atoms with van der Waals surface area (Å²) in [7, 11) is 0. The molecule has 3 fully saturated rings. The molecule has 45 heavy (non-hydrogen) atoms. The van der Waals surface area contributed by atoms with Crippen LogP contribution in [-0.2, 0) is 4.79 Å². The summed E-state index contributed by atoms with van der Waals surface area (Å²) >= 11 is 0. The maximum absolute atomic E-state index is 16.0. The summed E-state index contributed by atoms with van der Waals surface area (Å²) in [6, 6.07) is 10.7. The van der Waals surface area contributed by atoms with Crippen LogP contribution in [-0.4, -0.2) is 87.7 Å². The Labute approximate surface area is 257 Å². The molecule has 3 aliphatic heterocycles. The molecule has 0 spiro atoms. The lowest BCUT2D eigenvalue weighted by Gasteiger charge is -2.40. The minimum atomic E-state index is -1.04. The first kappa shape index (κ1) is 29.4. The number of carbonyl (C=O) groups is 1. The number of hydrogen-bond acceptors (Lipinski definition) is 7. The normalized spacial score (nSPS) is 23.6. The fraction of sp³-hybridized carbons (Fsp3) is 0.394. The van der Waals surface area contributed by atoms with E-state index in [2.05, 4.69) is 21.4 Å². The molecule has 0 bridgehead atoms. The van der Waals surface area contributed by atoms with E-state index in [9.17, 15) is 13.6 Å². The summed E-state index contributed by atoms with van der Waals surface area (Å²) < 4.78 is 65.2. The van der Waals surface area contributed by atoms with Gasteiger partial charge in [0.25, 0.3) is 5.91 Å². The molecule has 0 saturated carbocycles. The van der Waals surface area contributed by atoms with Crippen molar-refractivity contribution in [2.45, 2.75) is 43.9 Å². The first-order valence-corrected chi connectivity index (χ1v) is 15.1. The number of ether oxygens (including phenoxy) is 1. The van der Waals surface area contributed by atoms with Gasteiger partial charge in [0, 0.05) is 49.6 Å². The minimum Gasteiger partial charge on any atom is -0.461 e. The molecule has 0 unspecified atom stereocenters. The second-order valence-electron chi connectivity index (χ2n) is 12.2. The van der Waals surface area contributed by atoms with E-state index in [0.29, 0.717) is 29.6 Å². The number of anilines is 1. The van der Waals surface area contributed by atoms with Crippen molar-refractivity contribution in [2.24, 2.45) is 0 Å². The number of pyridine rings is 1. The van der Waals surface area contributed by atoms with Crippen LogP contribution in [0.15, 0.2) is 54.9 Å². The highest BCUT2D eigenvalue weighted by molar-refractivity contribution is 5.98. The van der Waals surface area contributed by atoms with Gasteiger partial charge in [-0.1, -0.05) is 36.9 Å². The summed E-state index contributed by atoms with van der Waals surface area (Å²) in [6.07, 6.45) is 1.16. The highest BCUT2D eigenvalue weighted by atomic mass is 19.1. The topological polar surface area (TPSA) is 74.7 Å². The van der Waals surface area contributed by atoms with Crippen molar-refractivity contribution in [2.75, 3.05) is 44.2 Å². The van der Waals surface area contributed by atoms with Gasteiger partial charge in [0.05, 0.1) is 10.9 Å². The SMILES string of the molecule is C=C(F)C(=O)N1CCN(c2nc(OC[C@@]34CCCN3C[C@H](F)C4)nc3nc(-c4cccc5cccc(F)c45)c(F)cc23)[C@H](C)C1. The number of alkyl halides is 1. The number of rotatable bonds is 6. The number of fused-ring (bicyclic) bond motifs is 3. The summed E-state index contributed by atoms with van der Waals surface area (Å²) in [5.74, 6) is -2.66. The van der Waals surface area contributed by atoms with Crippen LogP contribution in [0.2, 0.25) is 0 Å². The van der Waals surface area contributed by atoms with E-state index < -0.39 is 35.1 Å². The van der Waals surface area contributed by atoms with Crippen molar-refractivity contribution < 1.29 is 27.1 Å². The zero-order chi connectivity index (χ0) is 31.5. The molecule has 7 rings (SSSR count). The van der Waals surface area contributed by atoms with Crippen molar-refractivity contribution in [1.82, 2.24) is 24.8 Å². The molecule has 3 aliphatic rings. The average Bonchev–Trinajstić information content (AvgIpc) is 3.54. The second-order valence-corrected chi connectivity index (χ2v) is 12.2. The van der Waals surface area contributed by atoms with Crippen LogP contribution in [0.4, 0.5) is 23.4 Å². The fourth-order valence-electron chi connectivity index (χ4n) is 7.24. The van der Waals surface area contributed by atoms with E-state index in [1.54, 1.807) is 30.3 Å². The molecular weight excluding hydrogens is 588 g/mol. The molecule has 2 aromatic carbocycles. The standard InChI is InChI=1S/C33H32F4N6O2/c1-19-16-41(31(44)20(2)34)12-13-43(19)30-24-14-26(37)28(23-8-3-6-21-7-4-9-25(36)27(21)23)38-29(24)39-32(40-30)45-18-33-10-5-11-42(33)17-22(35)15-33/h3-4,6-9,14,19,22H,2,5,10-13,15-18H2,1H3/t19-,22-,33+/m1/s1. The molecule has 12 heteroatoms. The maximum atomic E-state index is 16.0. The maximum Gasteiger partial charge on any atom is 0.320 e. The Bertz CT molecular complexity index is 1830. The molecule has 3 atom stereocenters. The Balaban J connectivity index is 1.32. The lowest BCUT2D eigenvalue weighted by Crippen LogP contribution is -2.54. The Morgan fingerprint density at radius 1 is 1.07 bits per heavy atom. The lowest BCUT2D eigenvalue weighted by atomic mass is 9.95. The Morgan fingerprint density at radius 3 is 2.64 bits per heavy atom. The van der Waals surface area contributed by atoms with Gasteiger partial charge in [-0.3, -0.25) is 9.69 Å². The first-order chi connectivity index (χ1) is 21.6. The van der Waals surface area contributed by atoms with Crippen molar-refractivity contribution >= 4 is 33.5 Å². The van der Waals surface area contributed by atoms with E-state index >= 15 is 8.78 Å². The van der Waals surface area contributed by atoms with Gasteiger partial charge < -0.3 is 14.5 Å². The van der Waals surface area contributed by atoms with Gasteiger partial charge in [-0.15, -0.1) is 0 Å². The molecule has 4 aromatic rings. The van der Waals surface area contributed by atoms with Gasteiger partial charge in [0.1, 0.15) is 35.9 Å². The number of nitrogens with zero attached hydrogens (tertiary/aromatic N) is 6. The molecule has 1 amide bonds. The van der Waals surface area contributed by atoms with Crippen LogP contribution in [0.1, 0.15) is 26.2 Å². The number of hydrogen-bond donors (Lipinski definition) is 0. The van der Waals surface area contributed by atoms with Crippen molar-refractivity contribution in [3.05, 3.63) is 66.5 Å². The number of aromatic nitrogens is 3. The number of halogens is 4. The summed E-state index contributed by atoms with van der Waals surface area (Å²) in [5, 5.41) is 1.14. The highest BCUT2D eigenvalue weighted by Crippen LogP contribution is 2.41. The predicted octanol–water partition coefficient (Wildman–Crippen LogP) is 5.60. The summed E-state index contributed by atoms with van der Waals surface area (Å²) in [4.78, 5) is 31.5. The molecule has 2 aromatic heterocycles. The Morgan fingerprint density at radius 2 is 1.87 bits per heavy atom. The monoisotopic (exact) mass is 620 g/mol. The van der Waals surface area contributed by atoms with Gasteiger partial charge in [0.2, 0.25) is 0 Å². The smallest absolute Gasteiger partial charge is 0.320 e. The largest absolute Gasteiger partial charge is 0.461 e. The van der Waals surface area contributed by atoms with Gasteiger partial charge in [0.15, 0.2) is 11.5 Å². The Kier molecular flexibility index (Phi) is 7.34. The van der Waals surface area contributed by atoms with Crippen molar-refractivity contribution in [1.29, 1.82) is 0 Å². The van der Waals surface area contributed by atoms with E-state index in [-0.39, 0.29) is 60.6 Å². The molecular formula is C33H32F4N6O2. The van der Waals surface area contributed by atoms with E-state index in [0.717, 1.165) is 19.4 Å².